The van der Waals surface area contributed by atoms with Gasteiger partial charge in [-0.2, -0.15) is 0 Å². The van der Waals surface area contributed by atoms with Gasteiger partial charge in [0, 0.05) is 5.33 Å². The summed E-state index contributed by atoms with van der Waals surface area (Å²) in [6, 6.07) is 18.1. The molecule has 0 radical (unpaired) electrons. The predicted octanol–water partition coefficient (Wildman–Crippen LogP) is 5.88. The van der Waals surface area contributed by atoms with Crippen LogP contribution in [-0.2, 0) is 12.8 Å². The lowest BCUT2D eigenvalue weighted by Gasteiger charge is -2.25. The van der Waals surface area contributed by atoms with Gasteiger partial charge in [-0.3, -0.25) is 0 Å². The van der Waals surface area contributed by atoms with Crippen LogP contribution in [0.15, 0.2) is 48.5 Å². The van der Waals surface area contributed by atoms with Crippen molar-refractivity contribution in [1.29, 1.82) is 0 Å². The molecule has 0 spiro atoms. The monoisotopic (exact) mass is 338 g/mol. The second-order valence-corrected chi connectivity index (χ2v) is 6.96. The molecule has 1 aliphatic carbocycles. The van der Waals surface area contributed by atoms with Gasteiger partial charge >= 0.3 is 0 Å². The molecule has 0 saturated carbocycles. The summed E-state index contributed by atoms with van der Waals surface area (Å²) in [6.07, 6.45) is 5.13. The van der Waals surface area contributed by atoms with Gasteiger partial charge in [-0.1, -0.05) is 64.5 Å². The Morgan fingerprint density at radius 1 is 0.905 bits per heavy atom. The predicted molar refractivity (Wildman–Crippen MR) is 95.4 cm³/mol. The molecule has 1 aliphatic rings. The van der Waals surface area contributed by atoms with E-state index in [-0.39, 0.29) is 0 Å². The molecule has 3 aromatic carbocycles. The van der Waals surface area contributed by atoms with Crippen molar-refractivity contribution in [3.63, 3.8) is 0 Å². The zero-order valence-corrected chi connectivity index (χ0v) is 13.7. The number of hydrogen-bond donors (Lipinski definition) is 0. The zero-order valence-electron chi connectivity index (χ0n) is 12.1. The van der Waals surface area contributed by atoms with Crippen LogP contribution < -0.4 is 0 Å². The Morgan fingerprint density at radius 2 is 1.76 bits per heavy atom. The highest BCUT2D eigenvalue weighted by molar-refractivity contribution is 9.09. The zero-order chi connectivity index (χ0) is 14.2. The minimum atomic E-state index is 0.842. The number of halogens is 1. The van der Waals surface area contributed by atoms with E-state index in [0.29, 0.717) is 0 Å². The van der Waals surface area contributed by atoms with Crippen LogP contribution in [0.5, 0.6) is 0 Å². The van der Waals surface area contributed by atoms with Crippen molar-refractivity contribution >= 4 is 37.5 Å². The summed E-state index contributed by atoms with van der Waals surface area (Å²) in [5.41, 5.74) is 3.18. The summed E-state index contributed by atoms with van der Waals surface area (Å²) in [5, 5.41) is 6.76. The van der Waals surface area contributed by atoms with Crippen LogP contribution in [-0.4, -0.2) is 5.33 Å². The molecule has 1 heteroatoms. The second kappa shape index (κ2) is 5.46. The van der Waals surface area contributed by atoms with Gasteiger partial charge < -0.3 is 0 Å². The minimum Gasteiger partial charge on any atom is -0.0928 e. The molecular formula is C20H19Br. The van der Waals surface area contributed by atoms with E-state index in [4.69, 9.17) is 0 Å². The van der Waals surface area contributed by atoms with Crippen LogP contribution in [0.2, 0.25) is 0 Å². The number of fused-ring (bicyclic) bond motifs is 5. The lowest BCUT2D eigenvalue weighted by molar-refractivity contribution is 0.451. The number of rotatable bonds is 2. The van der Waals surface area contributed by atoms with Crippen molar-refractivity contribution in [2.24, 2.45) is 5.92 Å². The van der Waals surface area contributed by atoms with Crippen LogP contribution in [0.3, 0.4) is 0 Å². The third-order valence-corrected chi connectivity index (χ3v) is 5.42. The Labute approximate surface area is 134 Å². The maximum Gasteiger partial charge on any atom is 0.00340 e. The fourth-order valence-electron chi connectivity index (χ4n) is 3.82. The number of aryl methyl sites for hydroxylation is 1. The van der Waals surface area contributed by atoms with Crippen LogP contribution in [0, 0.1) is 5.92 Å². The van der Waals surface area contributed by atoms with Crippen molar-refractivity contribution < 1.29 is 0 Å². The van der Waals surface area contributed by atoms with Crippen LogP contribution >= 0.6 is 15.9 Å². The van der Waals surface area contributed by atoms with Crippen molar-refractivity contribution in [2.45, 2.75) is 25.7 Å². The van der Waals surface area contributed by atoms with Gasteiger partial charge in [-0.05, 0) is 64.3 Å². The van der Waals surface area contributed by atoms with E-state index in [9.17, 15) is 0 Å². The van der Waals surface area contributed by atoms with Gasteiger partial charge in [0.15, 0.2) is 0 Å². The smallest absolute Gasteiger partial charge is 0.00340 e. The molecule has 0 aliphatic heterocycles. The maximum absolute atomic E-state index is 3.61. The Morgan fingerprint density at radius 3 is 2.67 bits per heavy atom. The van der Waals surface area contributed by atoms with Crippen molar-refractivity contribution in [1.82, 2.24) is 0 Å². The normalized spacial score (nSPS) is 18.0. The number of alkyl halides is 1. The molecule has 3 aromatic rings. The Bertz CT molecular complexity index is 803. The molecule has 1 unspecified atom stereocenters. The minimum absolute atomic E-state index is 0.842. The molecule has 1 atom stereocenters. The van der Waals surface area contributed by atoms with Gasteiger partial charge in [0.25, 0.3) is 0 Å². The summed E-state index contributed by atoms with van der Waals surface area (Å²) < 4.78 is 0. The van der Waals surface area contributed by atoms with Crippen molar-refractivity contribution in [3.8, 4) is 0 Å². The van der Waals surface area contributed by atoms with Gasteiger partial charge in [-0.25, -0.2) is 0 Å². The maximum atomic E-state index is 3.61. The van der Waals surface area contributed by atoms with E-state index in [1.807, 2.05) is 0 Å². The summed E-state index contributed by atoms with van der Waals surface area (Å²) in [4.78, 5) is 0. The first-order valence-electron chi connectivity index (χ1n) is 7.85. The Hall–Kier alpha value is -1.34. The fraction of sp³-hybridized carbons (Fsp3) is 0.300. The first-order chi connectivity index (χ1) is 10.4. The van der Waals surface area contributed by atoms with E-state index in [1.165, 1.54) is 47.2 Å². The Balaban J connectivity index is 1.93. The highest BCUT2D eigenvalue weighted by Gasteiger charge is 2.20. The standard InChI is InChI=1S/C20H19Br/c21-12-11-14-5-6-16-8-9-18-17-4-2-1-3-15(17)7-10-19(18)20(16)13-14/h1-4,7-10,14H,5-6,11-13H2. The van der Waals surface area contributed by atoms with Gasteiger partial charge in [-0.15, -0.1) is 0 Å². The largest absolute Gasteiger partial charge is 0.0928 e. The van der Waals surface area contributed by atoms with Gasteiger partial charge in [0.05, 0.1) is 0 Å². The Kier molecular flexibility index (Phi) is 3.46. The number of hydrogen-bond acceptors (Lipinski definition) is 0. The SMILES string of the molecule is BrCCC1CCc2ccc3c(ccc4ccccc43)c2C1. The summed E-state index contributed by atoms with van der Waals surface area (Å²) in [6.45, 7) is 0. The molecular weight excluding hydrogens is 320 g/mol. The molecule has 0 saturated heterocycles. The summed E-state index contributed by atoms with van der Waals surface area (Å²) in [5.74, 6) is 0.842. The van der Waals surface area contributed by atoms with E-state index >= 15 is 0 Å². The first kappa shape index (κ1) is 13.3. The van der Waals surface area contributed by atoms with E-state index < -0.39 is 0 Å². The van der Waals surface area contributed by atoms with E-state index in [2.05, 4.69) is 64.5 Å². The van der Waals surface area contributed by atoms with Crippen LogP contribution in [0.4, 0.5) is 0 Å². The third kappa shape index (κ3) is 2.28. The molecule has 0 aromatic heterocycles. The van der Waals surface area contributed by atoms with E-state index in [0.717, 1.165) is 11.2 Å². The molecule has 21 heavy (non-hydrogen) atoms. The van der Waals surface area contributed by atoms with Crippen LogP contribution in [0.25, 0.3) is 21.5 Å². The lowest BCUT2D eigenvalue weighted by atomic mass is 9.80. The lowest BCUT2D eigenvalue weighted by Crippen LogP contribution is -2.15. The topological polar surface area (TPSA) is 0 Å². The van der Waals surface area contributed by atoms with Gasteiger partial charge in [0.2, 0.25) is 0 Å². The molecule has 106 valence electrons. The second-order valence-electron chi connectivity index (χ2n) is 6.17. The first-order valence-corrected chi connectivity index (χ1v) is 8.97. The van der Waals surface area contributed by atoms with Crippen molar-refractivity contribution in [3.05, 3.63) is 59.7 Å². The molecule has 0 amide bonds. The molecule has 4 rings (SSSR count). The molecule has 0 nitrogen and oxygen atoms in total. The molecule has 0 N–H and O–H groups in total. The highest BCUT2D eigenvalue weighted by atomic mass is 79.9. The molecule has 0 fully saturated rings. The molecule has 0 bridgehead atoms. The molecule has 0 heterocycles. The number of benzene rings is 3. The average molecular weight is 339 g/mol. The summed E-state index contributed by atoms with van der Waals surface area (Å²) >= 11 is 3.61. The third-order valence-electron chi connectivity index (χ3n) is 4.97. The highest BCUT2D eigenvalue weighted by Crippen LogP contribution is 2.35. The van der Waals surface area contributed by atoms with Crippen LogP contribution in [0.1, 0.15) is 24.0 Å². The summed E-state index contributed by atoms with van der Waals surface area (Å²) in [7, 11) is 0. The quantitative estimate of drug-likeness (QED) is 0.404. The van der Waals surface area contributed by atoms with Gasteiger partial charge in [0.1, 0.15) is 0 Å². The van der Waals surface area contributed by atoms with Crippen molar-refractivity contribution in [2.75, 3.05) is 5.33 Å². The fourth-order valence-corrected chi connectivity index (χ4v) is 4.47. The average Bonchev–Trinajstić information content (AvgIpc) is 2.54. The van der Waals surface area contributed by atoms with E-state index in [1.54, 1.807) is 11.1 Å².